The maximum atomic E-state index is 11.2. The number of carbonyl (C=O) groups is 1. The van der Waals surface area contributed by atoms with Gasteiger partial charge in [0.2, 0.25) is 0 Å². The summed E-state index contributed by atoms with van der Waals surface area (Å²) in [6.45, 7) is 3.72. The first-order valence-corrected chi connectivity index (χ1v) is 4.43. The molecule has 0 fully saturated rings. The molecule has 1 N–H and O–H groups in total. The number of ether oxygens (including phenoxy) is 1. The number of pyridine rings is 1. The van der Waals surface area contributed by atoms with Crippen LogP contribution in [0, 0.1) is 6.92 Å². The number of rotatable bonds is 3. The van der Waals surface area contributed by atoms with Gasteiger partial charge in [-0.3, -0.25) is 4.98 Å². The minimum atomic E-state index is -1.28. The van der Waals surface area contributed by atoms with E-state index < -0.39 is 12.1 Å². The van der Waals surface area contributed by atoms with Gasteiger partial charge in [-0.15, -0.1) is 0 Å². The standard InChI is InChI=1S/C10H13NO3/c1-3-14-10(13)9(12)8-7(2)5-4-6-11-8/h4-6,9,12H,3H2,1-2H3. The van der Waals surface area contributed by atoms with Crippen LogP contribution in [0.2, 0.25) is 0 Å². The first-order chi connectivity index (χ1) is 6.66. The lowest BCUT2D eigenvalue weighted by Gasteiger charge is -2.10. The van der Waals surface area contributed by atoms with Gasteiger partial charge in [0.25, 0.3) is 0 Å². The van der Waals surface area contributed by atoms with Crippen molar-refractivity contribution in [1.29, 1.82) is 0 Å². The van der Waals surface area contributed by atoms with Gasteiger partial charge in [0.05, 0.1) is 12.3 Å². The van der Waals surface area contributed by atoms with E-state index in [1.807, 2.05) is 0 Å². The number of aliphatic hydroxyl groups is 1. The zero-order valence-corrected chi connectivity index (χ0v) is 8.23. The molecule has 0 saturated heterocycles. The van der Waals surface area contributed by atoms with Gasteiger partial charge in [-0.2, -0.15) is 0 Å². The SMILES string of the molecule is CCOC(=O)C(O)c1ncccc1C. The van der Waals surface area contributed by atoms with Crippen LogP contribution in [0.3, 0.4) is 0 Å². The molecular formula is C10H13NO3. The molecule has 0 saturated carbocycles. The third-order valence-electron chi connectivity index (χ3n) is 1.82. The molecular weight excluding hydrogens is 182 g/mol. The van der Waals surface area contributed by atoms with Crippen molar-refractivity contribution < 1.29 is 14.6 Å². The Morgan fingerprint density at radius 2 is 2.43 bits per heavy atom. The fourth-order valence-electron chi connectivity index (χ4n) is 1.12. The van der Waals surface area contributed by atoms with Gasteiger partial charge >= 0.3 is 5.97 Å². The van der Waals surface area contributed by atoms with Crippen LogP contribution in [0.25, 0.3) is 0 Å². The molecule has 76 valence electrons. The first-order valence-electron chi connectivity index (χ1n) is 4.43. The quantitative estimate of drug-likeness (QED) is 0.730. The Bertz CT molecular complexity index is 325. The summed E-state index contributed by atoms with van der Waals surface area (Å²) in [5.74, 6) is -0.658. The Balaban J connectivity index is 2.84. The van der Waals surface area contributed by atoms with Crippen molar-refractivity contribution >= 4 is 5.97 Å². The molecule has 14 heavy (non-hydrogen) atoms. The predicted molar refractivity (Wildman–Crippen MR) is 50.6 cm³/mol. The van der Waals surface area contributed by atoms with E-state index in [4.69, 9.17) is 0 Å². The van der Waals surface area contributed by atoms with Crippen LogP contribution in [0.5, 0.6) is 0 Å². The van der Waals surface area contributed by atoms with Gasteiger partial charge in [0.15, 0.2) is 6.10 Å². The molecule has 1 unspecified atom stereocenters. The summed E-state index contributed by atoms with van der Waals surface area (Å²) in [4.78, 5) is 15.1. The van der Waals surface area contributed by atoms with Gasteiger partial charge in [-0.05, 0) is 25.5 Å². The molecule has 1 atom stereocenters. The maximum Gasteiger partial charge on any atom is 0.341 e. The minimum Gasteiger partial charge on any atom is -0.464 e. The van der Waals surface area contributed by atoms with Gasteiger partial charge < -0.3 is 9.84 Å². The van der Waals surface area contributed by atoms with Crippen molar-refractivity contribution in [3.8, 4) is 0 Å². The Hall–Kier alpha value is -1.42. The molecule has 4 nitrogen and oxygen atoms in total. The zero-order valence-electron chi connectivity index (χ0n) is 8.23. The number of nitrogens with zero attached hydrogens (tertiary/aromatic N) is 1. The van der Waals surface area contributed by atoms with Gasteiger partial charge in [0, 0.05) is 6.20 Å². The van der Waals surface area contributed by atoms with Gasteiger partial charge in [-0.1, -0.05) is 6.07 Å². The molecule has 1 heterocycles. The smallest absolute Gasteiger partial charge is 0.341 e. The van der Waals surface area contributed by atoms with Crippen LogP contribution in [0.4, 0.5) is 0 Å². The highest BCUT2D eigenvalue weighted by atomic mass is 16.5. The summed E-state index contributed by atoms with van der Waals surface area (Å²) in [5.41, 5.74) is 1.12. The number of hydrogen-bond donors (Lipinski definition) is 1. The van der Waals surface area contributed by atoms with E-state index in [0.29, 0.717) is 5.69 Å². The highest BCUT2D eigenvalue weighted by molar-refractivity contribution is 5.76. The average Bonchev–Trinajstić information content (AvgIpc) is 2.18. The lowest BCUT2D eigenvalue weighted by Crippen LogP contribution is -2.17. The summed E-state index contributed by atoms with van der Waals surface area (Å²) in [6, 6.07) is 3.53. The van der Waals surface area contributed by atoms with E-state index in [1.165, 1.54) is 6.20 Å². The first kappa shape index (κ1) is 10.7. The molecule has 0 radical (unpaired) electrons. The van der Waals surface area contributed by atoms with Crippen LogP contribution < -0.4 is 0 Å². The molecule has 0 aliphatic heterocycles. The van der Waals surface area contributed by atoms with Crippen molar-refractivity contribution in [2.45, 2.75) is 20.0 Å². The second-order valence-electron chi connectivity index (χ2n) is 2.86. The Kier molecular flexibility index (Phi) is 3.59. The lowest BCUT2D eigenvalue weighted by molar-refractivity contribution is -0.153. The topological polar surface area (TPSA) is 59.4 Å². The fraction of sp³-hybridized carbons (Fsp3) is 0.400. The minimum absolute atomic E-state index is 0.252. The number of esters is 1. The van der Waals surface area contributed by atoms with E-state index in [1.54, 1.807) is 26.0 Å². The number of hydrogen-bond acceptors (Lipinski definition) is 4. The number of aromatic nitrogens is 1. The lowest BCUT2D eigenvalue weighted by atomic mass is 10.1. The molecule has 0 amide bonds. The van der Waals surface area contributed by atoms with Crippen LogP contribution in [0.1, 0.15) is 24.3 Å². The van der Waals surface area contributed by atoms with Crippen molar-refractivity contribution in [3.05, 3.63) is 29.6 Å². The largest absolute Gasteiger partial charge is 0.464 e. The molecule has 0 spiro atoms. The summed E-state index contributed by atoms with van der Waals surface area (Å²) >= 11 is 0. The molecule has 1 aromatic heterocycles. The average molecular weight is 195 g/mol. The Labute approximate surface area is 82.5 Å². The van der Waals surface area contributed by atoms with Gasteiger partial charge in [-0.25, -0.2) is 4.79 Å². The van der Waals surface area contributed by atoms with Crippen molar-refractivity contribution in [1.82, 2.24) is 4.98 Å². The van der Waals surface area contributed by atoms with Crippen LogP contribution >= 0.6 is 0 Å². The number of carbonyl (C=O) groups excluding carboxylic acids is 1. The number of aryl methyl sites for hydroxylation is 1. The monoisotopic (exact) mass is 195 g/mol. The Morgan fingerprint density at radius 3 is 3.00 bits per heavy atom. The summed E-state index contributed by atoms with van der Waals surface area (Å²) in [5, 5.41) is 9.56. The molecule has 0 aromatic carbocycles. The Morgan fingerprint density at radius 1 is 1.71 bits per heavy atom. The maximum absolute atomic E-state index is 11.2. The van der Waals surface area contributed by atoms with Crippen molar-refractivity contribution in [2.75, 3.05) is 6.61 Å². The molecule has 4 heteroatoms. The van der Waals surface area contributed by atoms with Crippen LogP contribution in [-0.2, 0) is 9.53 Å². The summed E-state index contributed by atoms with van der Waals surface area (Å²) < 4.78 is 4.68. The fourth-order valence-corrected chi connectivity index (χ4v) is 1.12. The second-order valence-corrected chi connectivity index (χ2v) is 2.86. The van der Waals surface area contributed by atoms with E-state index in [2.05, 4.69) is 9.72 Å². The molecule has 0 aliphatic rings. The highest BCUT2D eigenvalue weighted by Crippen LogP contribution is 2.15. The number of aliphatic hydroxyl groups excluding tert-OH is 1. The summed E-state index contributed by atoms with van der Waals surface area (Å²) in [6.07, 6.45) is 0.251. The van der Waals surface area contributed by atoms with Crippen molar-refractivity contribution in [3.63, 3.8) is 0 Å². The predicted octanol–water partition coefficient (Wildman–Crippen LogP) is 0.987. The zero-order chi connectivity index (χ0) is 10.6. The van der Waals surface area contributed by atoms with E-state index >= 15 is 0 Å². The van der Waals surface area contributed by atoms with Gasteiger partial charge in [0.1, 0.15) is 0 Å². The normalized spacial score (nSPS) is 12.2. The molecule has 0 bridgehead atoms. The molecule has 1 rings (SSSR count). The second kappa shape index (κ2) is 4.72. The van der Waals surface area contributed by atoms with E-state index in [-0.39, 0.29) is 6.61 Å². The molecule has 1 aromatic rings. The summed E-state index contributed by atoms with van der Waals surface area (Å²) in [7, 11) is 0. The van der Waals surface area contributed by atoms with E-state index in [9.17, 15) is 9.90 Å². The highest BCUT2D eigenvalue weighted by Gasteiger charge is 2.21. The third-order valence-corrected chi connectivity index (χ3v) is 1.82. The van der Waals surface area contributed by atoms with Crippen LogP contribution in [-0.4, -0.2) is 22.7 Å². The van der Waals surface area contributed by atoms with Crippen LogP contribution in [0.15, 0.2) is 18.3 Å². The molecule has 0 aliphatic carbocycles. The van der Waals surface area contributed by atoms with E-state index in [0.717, 1.165) is 5.56 Å². The van der Waals surface area contributed by atoms with Crippen molar-refractivity contribution in [2.24, 2.45) is 0 Å². The third kappa shape index (κ3) is 2.29.